The molecule has 3 aliphatic rings. The summed E-state index contributed by atoms with van der Waals surface area (Å²) in [6, 6.07) is 0. The minimum Gasteiger partial charge on any atom is -0.387 e. The van der Waals surface area contributed by atoms with Crippen molar-refractivity contribution in [3.8, 4) is 0 Å². The van der Waals surface area contributed by atoms with Gasteiger partial charge < -0.3 is 4.84 Å². The Labute approximate surface area is 162 Å². The van der Waals surface area contributed by atoms with Gasteiger partial charge in [-0.2, -0.15) is 0 Å². The van der Waals surface area contributed by atoms with E-state index in [-0.39, 0.29) is 6.10 Å². The van der Waals surface area contributed by atoms with Crippen LogP contribution in [0.3, 0.4) is 0 Å². The molecule has 4 heteroatoms. The van der Waals surface area contributed by atoms with Crippen LogP contribution in [0.5, 0.6) is 0 Å². The molecular weight excluding hydrogens is 339 g/mol. The van der Waals surface area contributed by atoms with Crippen molar-refractivity contribution in [2.75, 3.05) is 13.1 Å². The number of rotatable bonds is 4. The molecule has 2 aliphatic heterocycles. The molecule has 0 spiro atoms. The molecule has 1 saturated carbocycles. The number of nitrogens with zero attached hydrogens (tertiary/aromatic N) is 2. The highest BCUT2D eigenvalue weighted by molar-refractivity contribution is 7.13. The van der Waals surface area contributed by atoms with Gasteiger partial charge in [0.1, 0.15) is 0 Å². The van der Waals surface area contributed by atoms with Crippen molar-refractivity contribution < 1.29 is 4.84 Å². The molecule has 0 amide bonds. The number of piperidine rings is 1. The Morgan fingerprint density at radius 3 is 2.31 bits per heavy atom. The van der Waals surface area contributed by atoms with Gasteiger partial charge in [-0.3, -0.25) is 4.67 Å². The van der Waals surface area contributed by atoms with Gasteiger partial charge >= 0.3 is 0 Å². The third kappa shape index (κ3) is 5.20. The molecule has 2 heterocycles. The van der Waals surface area contributed by atoms with E-state index < -0.39 is 0 Å². The van der Waals surface area contributed by atoms with Crippen LogP contribution in [0.2, 0.25) is 0 Å². The zero-order valence-electron chi connectivity index (χ0n) is 16.7. The lowest BCUT2D eigenvalue weighted by Gasteiger charge is -2.35. The van der Waals surface area contributed by atoms with E-state index in [1.165, 1.54) is 75.7 Å². The molecular formula is C22H37N2OP. The molecule has 0 radical (unpaired) electrons. The van der Waals surface area contributed by atoms with E-state index in [1.54, 1.807) is 0 Å². The summed E-state index contributed by atoms with van der Waals surface area (Å²) in [6.07, 6.45) is 18.5. The lowest BCUT2D eigenvalue weighted by molar-refractivity contribution is 0.113. The van der Waals surface area contributed by atoms with Crippen molar-refractivity contribution in [1.82, 2.24) is 4.67 Å². The highest BCUT2D eigenvalue weighted by atomic mass is 31.0. The largest absolute Gasteiger partial charge is 0.387 e. The molecule has 0 aromatic carbocycles. The lowest BCUT2D eigenvalue weighted by atomic mass is 9.75. The number of oxime groups is 1. The van der Waals surface area contributed by atoms with Crippen LogP contribution in [0, 0.1) is 17.8 Å². The average Bonchev–Trinajstić information content (AvgIpc) is 3.10. The third-order valence-corrected chi connectivity index (χ3v) is 7.24. The van der Waals surface area contributed by atoms with E-state index in [0.29, 0.717) is 5.92 Å². The first-order valence-corrected chi connectivity index (χ1v) is 11.2. The molecule has 0 aromatic heterocycles. The second-order valence-electron chi connectivity index (χ2n) is 8.36. The molecule has 2 atom stereocenters. The van der Waals surface area contributed by atoms with Gasteiger partial charge in [-0.25, -0.2) is 0 Å². The highest BCUT2D eigenvalue weighted by Crippen LogP contribution is 2.37. The van der Waals surface area contributed by atoms with Crippen LogP contribution in [-0.4, -0.2) is 29.6 Å². The van der Waals surface area contributed by atoms with E-state index >= 15 is 0 Å². The first-order chi connectivity index (χ1) is 12.7. The average molecular weight is 377 g/mol. The molecule has 146 valence electrons. The minimum absolute atomic E-state index is 0.140. The standard InChI is InChI=1S/C22H37N2OP/c1-3-7-17(4-2)22-16-21(23-25-22)20-10-5-8-18(9-6-11-20)19-12-14-24(26)15-13-19/h3-4,7,18-20,22H,5-6,8-16,26H2,1-2H3/b7-3-,17-4+. The molecule has 3 nitrogen and oxygen atoms in total. The van der Waals surface area contributed by atoms with Crippen LogP contribution in [-0.2, 0) is 4.84 Å². The maximum atomic E-state index is 5.78. The summed E-state index contributed by atoms with van der Waals surface area (Å²) in [5.74, 6) is 2.59. The van der Waals surface area contributed by atoms with Gasteiger partial charge in [0.25, 0.3) is 0 Å². The second kappa shape index (κ2) is 10.0. The van der Waals surface area contributed by atoms with E-state index in [4.69, 9.17) is 4.84 Å². The molecule has 0 aromatic rings. The van der Waals surface area contributed by atoms with Crippen molar-refractivity contribution in [2.45, 2.75) is 77.7 Å². The van der Waals surface area contributed by atoms with Crippen LogP contribution in [0.1, 0.15) is 71.6 Å². The molecule has 3 rings (SSSR count). The Hall–Kier alpha value is -0.660. The van der Waals surface area contributed by atoms with E-state index in [0.717, 1.165) is 18.3 Å². The van der Waals surface area contributed by atoms with Crippen molar-refractivity contribution in [3.05, 3.63) is 23.8 Å². The topological polar surface area (TPSA) is 24.8 Å². The van der Waals surface area contributed by atoms with E-state index in [2.05, 4.69) is 51.3 Å². The van der Waals surface area contributed by atoms with E-state index in [9.17, 15) is 0 Å². The molecule has 2 fully saturated rings. The van der Waals surface area contributed by atoms with Crippen LogP contribution in [0.4, 0.5) is 0 Å². The Morgan fingerprint density at radius 2 is 1.69 bits per heavy atom. The van der Waals surface area contributed by atoms with Crippen LogP contribution < -0.4 is 0 Å². The predicted octanol–water partition coefficient (Wildman–Crippen LogP) is 5.74. The minimum atomic E-state index is 0.140. The maximum absolute atomic E-state index is 5.78. The fraction of sp³-hybridized carbons (Fsp3) is 0.773. The molecule has 1 aliphatic carbocycles. The van der Waals surface area contributed by atoms with Crippen molar-refractivity contribution in [2.24, 2.45) is 22.9 Å². The Bertz CT molecular complexity index is 524. The first kappa shape index (κ1) is 20.1. The summed E-state index contributed by atoms with van der Waals surface area (Å²) in [7, 11) is 2.88. The van der Waals surface area contributed by atoms with Crippen molar-refractivity contribution in [1.29, 1.82) is 0 Å². The van der Waals surface area contributed by atoms with Crippen LogP contribution in [0.15, 0.2) is 29.0 Å². The summed E-state index contributed by atoms with van der Waals surface area (Å²) in [4.78, 5) is 5.78. The highest BCUT2D eigenvalue weighted by Gasteiger charge is 2.31. The normalized spacial score (nSPS) is 33.0. The van der Waals surface area contributed by atoms with Crippen molar-refractivity contribution >= 4 is 15.1 Å². The van der Waals surface area contributed by atoms with Gasteiger partial charge in [-0.05, 0) is 56.9 Å². The quantitative estimate of drug-likeness (QED) is 0.461. The van der Waals surface area contributed by atoms with Gasteiger partial charge in [0.15, 0.2) is 6.10 Å². The molecule has 0 bridgehead atoms. The monoisotopic (exact) mass is 376 g/mol. The van der Waals surface area contributed by atoms with Gasteiger partial charge in [-0.15, -0.1) is 0 Å². The number of hydrogen-bond donors (Lipinski definition) is 0. The predicted molar refractivity (Wildman–Crippen MR) is 114 cm³/mol. The molecule has 1 saturated heterocycles. The number of allylic oxidation sites excluding steroid dienone is 2. The third-order valence-electron chi connectivity index (χ3n) is 6.72. The summed E-state index contributed by atoms with van der Waals surface area (Å²) in [6.45, 7) is 6.69. The maximum Gasteiger partial charge on any atom is 0.157 e. The molecule has 2 unspecified atom stereocenters. The van der Waals surface area contributed by atoms with Crippen LogP contribution in [0.25, 0.3) is 0 Å². The van der Waals surface area contributed by atoms with Gasteiger partial charge in [0.05, 0.1) is 5.71 Å². The fourth-order valence-electron chi connectivity index (χ4n) is 5.13. The SMILES string of the molecule is C/C=C\C(=C/C)C1CC(C2CCCC(C3CCN(P)CC3)CCC2)=NO1. The zero-order valence-corrected chi connectivity index (χ0v) is 17.9. The Balaban J connectivity index is 1.48. The van der Waals surface area contributed by atoms with Crippen molar-refractivity contribution in [3.63, 3.8) is 0 Å². The fourth-order valence-corrected chi connectivity index (χ4v) is 5.43. The van der Waals surface area contributed by atoms with Crippen LogP contribution >= 0.6 is 9.39 Å². The first-order valence-electron chi connectivity index (χ1n) is 10.7. The molecule has 26 heavy (non-hydrogen) atoms. The van der Waals surface area contributed by atoms with Gasteiger partial charge in [-0.1, -0.05) is 58.5 Å². The smallest absolute Gasteiger partial charge is 0.157 e. The summed E-state index contributed by atoms with van der Waals surface area (Å²) in [5, 5.41) is 4.52. The van der Waals surface area contributed by atoms with E-state index in [1.807, 2.05) is 0 Å². The summed E-state index contributed by atoms with van der Waals surface area (Å²) >= 11 is 0. The Morgan fingerprint density at radius 1 is 1.04 bits per heavy atom. The van der Waals surface area contributed by atoms with Gasteiger partial charge in [0, 0.05) is 25.4 Å². The summed E-state index contributed by atoms with van der Waals surface area (Å²) < 4.78 is 2.41. The zero-order chi connectivity index (χ0) is 18.4. The lowest BCUT2D eigenvalue weighted by Crippen LogP contribution is -2.31. The number of hydrogen-bond acceptors (Lipinski definition) is 3. The van der Waals surface area contributed by atoms with Gasteiger partial charge in [0.2, 0.25) is 0 Å². The second-order valence-corrected chi connectivity index (χ2v) is 9.09. The molecule has 0 N–H and O–H groups in total. The Kier molecular flexibility index (Phi) is 7.76. The summed E-state index contributed by atoms with van der Waals surface area (Å²) in [5.41, 5.74) is 2.59.